The molecule has 0 spiro atoms. The van der Waals surface area contributed by atoms with Crippen LogP contribution in [0.15, 0.2) is 45.7 Å². The van der Waals surface area contributed by atoms with Crippen LogP contribution in [0, 0.1) is 6.92 Å². The maximum Gasteiger partial charge on any atom is 0.291 e. The summed E-state index contributed by atoms with van der Waals surface area (Å²) in [5, 5.41) is 3.70. The predicted molar refractivity (Wildman–Crippen MR) is 115 cm³/mol. The van der Waals surface area contributed by atoms with Gasteiger partial charge in [-0.15, -0.1) is 0 Å². The van der Waals surface area contributed by atoms with Crippen molar-refractivity contribution in [2.45, 2.75) is 24.7 Å². The first kappa shape index (κ1) is 20.7. The Balaban J connectivity index is 1.64. The van der Waals surface area contributed by atoms with Gasteiger partial charge in [-0.3, -0.25) is 4.79 Å². The largest absolute Gasteiger partial charge is 0.495 e. The van der Waals surface area contributed by atoms with Gasteiger partial charge in [-0.2, -0.15) is 4.31 Å². The van der Waals surface area contributed by atoms with Crippen LogP contribution >= 0.6 is 11.6 Å². The number of furan rings is 1. The number of ether oxygens (including phenoxy) is 1. The SMILES string of the molecule is COc1ccc(NC(=O)c2oc3ccc(S(=O)(=O)N4CCCC4)cc3c2C)cc1Cl. The lowest BCUT2D eigenvalue weighted by Gasteiger charge is -2.15. The fraction of sp³-hybridized carbons (Fsp3) is 0.286. The fourth-order valence-electron chi connectivity index (χ4n) is 3.59. The van der Waals surface area contributed by atoms with Crippen molar-refractivity contribution < 1.29 is 22.4 Å². The van der Waals surface area contributed by atoms with E-state index in [0.717, 1.165) is 12.8 Å². The smallest absolute Gasteiger partial charge is 0.291 e. The van der Waals surface area contributed by atoms with Gasteiger partial charge in [-0.25, -0.2) is 8.42 Å². The molecule has 1 saturated heterocycles. The van der Waals surface area contributed by atoms with Crippen LogP contribution in [0.25, 0.3) is 11.0 Å². The second kappa shape index (κ2) is 7.94. The van der Waals surface area contributed by atoms with E-state index in [2.05, 4.69) is 5.32 Å². The normalized spacial score (nSPS) is 14.9. The van der Waals surface area contributed by atoms with Gasteiger partial charge in [0.2, 0.25) is 10.0 Å². The number of hydrogen-bond donors (Lipinski definition) is 1. The minimum atomic E-state index is -3.55. The summed E-state index contributed by atoms with van der Waals surface area (Å²) < 4.78 is 38.0. The van der Waals surface area contributed by atoms with E-state index in [0.29, 0.717) is 46.1 Å². The molecule has 1 aliphatic heterocycles. The van der Waals surface area contributed by atoms with Crippen molar-refractivity contribution in [2.75, 3.05) is 25.5 Å². The van der Waals surface area contributed by atoms with Crippen LogP contribution in [0.5, 0.6) is 5.75 Å². The van der Waals surface area contributed by atoms with Crippen LogP contribution in [0.1, 0.15) is 29.0 Å². The molecule has 1 N–H and O–H groups in total. The molecule has 0 atom stereocenters. The van der Waals surface area contributed by atoms with Gasteiger partial charge in [0.25, 0.3) is 5.91 Å². The first-order valence-electron chi connectivity index (χ1n) is 9.49. The lowest BCUT2D eigenvalue weighted by Crippen LogP contribution is -2.27. The molecule has 30 heavy (non-hydrogen) atoms. The minimum absolute atomic E-state index is 0.118. The number of aryl methyl sites for hydroxylation is 1. The standard InChI is InChI=1S/C21H21ClN2O5S/c1-13-16-12-15(30(26,27)24-9-3-4-10-24)6-8-18(16)29-20(13)21(25)23-14-5-7-19(28-2)17(22)11-14/h5-8,11-12H,3-4,9-10H2,1-2H3,(H,23,25). The summed E-state index contributed by atoms with van der Waals surface area (Å²) in [5.74, 6) is 0.169. The van der Waals surface area contributed by atoms with Gasteiger partial charge in [0.15, 0.2) is 5.76 Å². The van der Waals surface area contributed by atoms with E-state index >= 15 is 0 Å². The minimum Gasteiger partial charge on any atom is -0.495 e. The summed E-state index contributed by atoms with van der Waals surface area (Å²) in [6.07, 6.45) is 1.73. The Bertz CT molecular complexity index is 1230. The summed E-state index contributed by atoms with van der Waals surface area (Å²) in [7, 11) is -2.04. The summed E-state index contributed by atoms with van der Waals surface area (Å²) in [6, 6.07) is 9.58. The third-order valence-corrected chi connectivity index (χ3v) is 7.42. The van der Waals surface area contributed by atoms with E-state index in [1.807, 2.05) is 0 Å². The van der Waals surface area contributed by atoms with Crippen LogP contribution in [0.2, 0.25) is 5.02 Å². The third kappa shape index (κ3) is 3.66. The van der Waals surface area contributed by atoms with Crippen molar-refractivity contribution in [1.29, 1.82) is 0 Å². The zero-order chi connectivity index (χ0) is 21.5. The monoisotopic (exact) mass is 448 g/mol. The second-order valence-corrected chi connectivity index (χ2v) is 9.47. The van der Waals surface area contributed by atoms with Gasteiger partial charge in [0, 0.05) is 29.7 Å². The summed E-state index contributed by atoms with van der Waals surface area (Å²) in [5.41, 5.74) is 1.51. The highest BCUT2D eigenvalue weighted by Crippen LogP contribution is 2.31. The van der Waals surface area contributed by atoms with Gasteiger partial charge >= 0.3 is 0 Å². The number of nitrogens with one attached hydrogen (secondary N) is 1. The molecule has 158 valence electrons. The Hall–Kier alpha value is -2.55. The maximum atomic E-state index is 12.8. The molecule has 0 radical (unpaired) electrons. The van der Waals surface area contributed by atoms with Crippen LogP contribution in [-0.2, 0) is 10.0 Å². The zero-order valence-electron chi connectivity index (χ0n) is 16.6. The number of nitrogens with zero attached hydrogens (tertiary/aromatic N) is 1. The fourth-order valence-corrected chi connectivity index (χ4v) is 5.39. The summed E-state index contributed by atoms with van der Waals surface area (Å²) >= 11 is 6.11. The van der Waals surface area contributed by atoms with Crippen LogP contribution in [-0.4, -0.2) is 38.8 Å². The second-order valence-electron chi connectivity index (χ2n) is 7.13. The molecule has 7 nitrogen and oxygen atoms in total. The highest BCUT2D eigenvalue weighted by atomic mass is 35.5. The predicted octanol–water partition coefficient (Wildman–Crippen LogP) is 4.44. The number of amides is 1. The van der Waals surface area contributed by atoms with Crippen molar-refractivity contribution >= 4 is 44.2 Å². The third-order valence-electron chi connectivity index (χ3n) is 5.23. The number of sulfonamides is 1. The molecule has 0 saturated carbocycles. The highest BCUT2D eigenvalue weighted by Gasteiger charge is 2.28. The van der Waals surface area contributed by atoms with Crippen LogP contribution < -0.4 is 10.1 Å². The number of methoxy groups -OCH3 is 1. The molecular formula is C21H21ClN2O5S. The number of fused-ring (bicyclic) bond motifs is 1. The molecule has 1 aromatic heterocycles. The number of benzene rings is 2. The van der Waals surface area contributed by atoms with E-state index in [1.54, 1.807) is 37.3 Å². The van der Waals surface area contributed by atoms with Gasteiger partial charge in [-0.1, -0.05) is 11.6 Å². The molecule has 2 heterocycles. The molecule has 4 rings (SSSR count). The lowest BCUT2D eigenvalue weighted by molar-refractivity contribution is 0.0998. The van der Waals surface area contributed by atoms with E-state index in [-0.39, 0.29) is 10.7 Å². The number of hydrogen-bond acceptors (Lipinski definition) is 5. The zero-order valence-corrected chi connectivity index (χ0v) is 18.1. The molecule has 0 aliphatic carbocycles. The van der Waals surface area contributed by atoms with E-state index in [1.165, 1.54) is 17.5 Å². The number of rotatable bonds is 5. The Morgan fingerprint density at radius 2 is 1.90 bits per heavy atom. The molecule has 1 aliphatic rings. The average molecular weight is 449 g/mol. The van der Waals surface area contributed by atoms with E-state index < -0.39 is 15.9 Å². The van der Waals surface area contributed by atoms with Crippen molar-refractivity contribution in [1.82, 2.24) is 4.31 Å². The number of halogens is 1. The Morgan fingerprint density at radius 3 is 2.57 bits per heavy atom. The van der Waals surface area contributed by atoms with Crippen molar-refractivity contribution in [3.8, 4) is 5.75 Å². The van der Waals surface area contributed by atoms with E-state index in [9.17, 15) is 13.2 Å². The van der Waals surface area contributed by atoms with Gasteiger partial charge in [-0.05, 0) is 56.2 Å². The van der Waals surface area contributed by atoms with Crippen molar-refractivity contribution in [3.63, 3.8) is 0 Å². The molecule has 3 aromatic rings. The summed E-state index contributed by atoms with van der Waals surface area (Å²) in [4.78, 5) is 13.0. The van der Waals surface area contributed by atoms with E-state index in [4.69, 9.17) is 20.8 Å². The number of anilines is 1. The first-order chi connectivity index (χ1) is 14.3. The summed E-state index contributed by atoms with van der Waals surface area (Å²) in [6.45, 7) is 2.79. The topological polar surface area (TPSA) is 88.8 Å². The molecule has 1 fully saturated rings. The van der Waals surface area contributed by atoms with Gasteiger partial charge < -0.3 is 14.5 Å². The van der Waals surface area contributed by atoms with Gasteiger partial charge in [0.1, 0.15) is 11.3 Å². The van der Waals surface area contributed by atoms with Gasteiger partial charge in [0.05, 0.1) is 17.0 Å². The average Bonchev–Trinajstić information content (AvgIpc) is 3.37. The highest BCUT2D eigenvalue weighted by molar-refractivity contribution is 7.89. The number of carbonyl (C=O) groups excluding carboxylic acids is 1. The molecular weight excluding hydrogens is 428 g/mol. The quantitative estimate of drug-likeness (QED) is 0.623. The van der Waals surface area contributed by atoms with Crippen LogP contribution in [0.3, 0.4) is 0 Å². The number of carbonyl (C=O) groups is 1. The lowest BCUT2D eigenvalue weighted by atomic mass is 10.1. The van der Waals surface area contributed by atoms with Crippen LogP contribution in [0.4, 0.5) is 5.69 Å². The molecule has 9 heteroatoms. The first-order valence-corrected chi connectivity index (χ1v) is 11.3. The molecule has 0 bridgehead atoms. The molecule has 1 amide bonds. The Morgan fingerprint density at radius 1 is 1.17 bits per heavy atom. The maximum absolute atomic E-state index is 12.8. The molecule has 0 unspecified atom stereocenters. The van der Waals surface area contributed by atoms with Crippen molar-refractivity contribution in [3.05, 3.63) is 52.7 Å². The van der Waals surface area contributed by atoms with Crippen molar-refractivity contribution in [2.24, 2.45) is 0 Å². The Kier molecular flexibility index (Phi) is 5.48. The molecule has 2 aromatic carbocycles. The Labute approximate surface area is 179 Å².